The van der Waals surface area contributed by atoms with Gasteiger partial charge in [-0.25, -0.2) is 14.2 Å². The number of halogens is 1. The Labute approximate surface area is 307 Å². The first-order valence-corrected chi connectivity index (χ1v) is 18.7. The van der Waals surface area contributed by atoms with Gasteiger partial charge >= 0.3 is 6.03 Å². The second-order valence-corrected chi connectivity index (χ2v) is 14.0. The average Bonchev–Trinajstić information content (AvgIpc) is 3.47. The molecule has 1 aromatic heterocycles. The van der Waals surface area contributed by atoms with Crippen molar-refractivity contribution < 1.29 is 14.3 Å². The number of fused-ring (bicyclic) bond motifs is 1. The number of pyridine rings is 1. The normalized spacial score (nSPS) is 14.0. The number of amides is 2. The first-order chi connectivity index (χ1) is 24.4. The van der Waals surface area contributed by atoms with E-state index in [1.165, 1.54) is 35.4 Å². The smallest absolute Gasteiger partial charge is 0.320 e. The number of rotatable bonds is 12. The zero-order valence-corrected chi connectivity index (χ0v) is 32.2. The van der Waals surface area contributed by atoms with Crippen LogP contribution in [-0.2, 0) is 25.7 Å². The number of anilines is 1. The second kappa shape index (κ2) is 22.5. The third-order valence-corrected chi connectivity index (χ3v) is 9.31. The maximum Gasteiger partial charge on any atom is 0.320 e. The van der Waals surface area contributed by atoms with Gasteiger partial charge in [-0.05, 0) is 96.9 Å². The lowest BCUT2D eigenvalue weighted by Gasteiger charge is -2.27. The van der Waals surface area contributed by atoms with Gasteiger partial charge in [0.1, 0.15) is 11.6 Å². The van der Waals surface area contributed by atoms with Crippen LogP contribution in [0.5, 0.6) is 0 Å². The highest BCUT2D eigenvalue weighted by molar-refractivity contribution is 5.76. The third kappa shape index (κ3) is 14.8. The molecule has 3 heterocycles. The molecule has 5 rings (SSSR count). The number of aliphatic hydroxyl groups is 1. The van der Waals surface area contributed by atoms with Crippen molar-refractivity contribution in [3.05, 3.63) is 120 Å². The molecular weight excluding hydrogens is 638 g/mol. The minimum absolute atomic E-state index is 0.0660. The molecule has 0 saturated carbocycles. The molecular formula is C43H64FN5O2. The Morgan fingerprint density at radius 1 is 1.00 bits per heavy atom. The van der Waals surface area contributed by atoms with E-state index < -0.39 is 0 Å². The van der Waals surface area contributed by atoms with Gasteiger partial charge in [0.25, 0.3) is 0 Å². The van der Waals surface area contributed by atoms with Gasteiger partial charge in [0.15, 0.2) is 0 Å². The Morgan fingerprint density at radius 2 is 1.65 bits per heavy atom. The van der Waals surface area contributed by atoms with Crippen molar-refractivity contribution in [2.45, 2.75) is 98.8 Å². The van der Waals surface area contributed by atoms with Crippen molar-refractivity contribution in [2.24, 2.45) is 11.1 Å². The van der Waals surface area contributed by atoms with Crippen LogP contribution < -0.4 is 11.1 Å². The largest absolute Gasteiger partial charge is 0.513 e. The first kappa shape index (κ1) is 42.8. The molecule has 0 bridgehead atoms. The van der Waals surface area contributed by atoms with Crippen LogP contribution in [0, 0.1) is 11.2 Å². The van der Waals surface area contributed by atoms with Crippen LogP contribution in [0.4, 0.5) is 15.0 Å². The number of nitrogens with two attached hydrogens (primary N) is 1. The zero-order chi connectivity index (χ0) is 37.8. The second-order valence-electron chi connectivity index (χ2n) is 14.0. The fourth-order valence-electron chi connectivity index (χ4n) is 5.93. The molecule has 2 aromatic carbocycles. The number of benzene rings is 2. The minimum Gasteiger partial charge on any atom is -0.513 e. The Bertz CT molecular complexity index is 1480. The molecule has 0 aliphatic carbocycles. The molecule has 4 N–H and O–H groups in total. The van der Waals surface area contributed by atoms with E-state index >= 15 is 0 Å². The average molecular weight is 702 g/mol. The summed E-state index contributed by atoms with van der Waals surface area (Å²) in [6.07, 6.45) is 8.55. The summed E-state index contributed by atoms with van der Waals surface area (Å²) in [4.78, 5) is 20.6. The van der Waals surface area contributed by atoms with E-state index in [1.807, 2.05) is 30.9 Å². The molecule has 2 amide bonds. The van der Waals surface area contributed by atoms with Crippen molar-refractivity contribution in [3.63, 3.8) is 0 Å². The summed E-state index contributed by atoms with van der Waals surface area (Å²) in [7, 11) is 0. The molecule has 7 nitrogen and oxygen atoms in total. The molecule has 0 spiro atoms. The van der Waals surface area contributed by atoms with Gasteiger partial charge in [-0.1, -0.05) is 103 Å². The molecule has 2 aliphatic rings. The van der Waals surface area contributed by atoms with Crippen LogP contribution in [0.2, 0.25) is 0 Å². The molecule has 280 valence electrons. The number of urea groups is 1. The van der Waals surface area contributed by atoms with Gasteiger partial charge in [-0.2, -0.15) is 0 Å². The third-order valence-electron chi connectivity index (χ3n) is 9.31. The predicted octanol–water partition coefficient (Wildman–Crippen LogP) is 9.84. The van der Waals surface area contributed by atoms with Crippen molar-refractivity contribution >= 4 is 11.8 Å². The number of aromatic nitrogens is 1. The number of aliphatic hydroxyl groups excluding tert-OH is 1. The predicted molar refractivity (Wildman–Crippen MR) is 213 cm³/mol. The van der Waals surface area contributed by atoms with E-state index in [-0.39, 0.29) is 23.0 Å². The van der Waals surface area contributed by atoms with Crippen molar-refractivity contribution in [2.75, 3.05) is 38.0 Å². The van der Waals surface area contributed by atoms with E-state index in [0.29, 0.717) is 18.9 Å². The van der Waals surface area contributed by atoms with Gasteiger partial charge in [-0.3, -0.25) is 0 Å². The van der Waals surface area contributed by atoms with Gasteiger partial charge in [-0.15, -0.1) is 0 Å². The molecule has 1 saturated heterocycles. The van der Waals surface area contributed by atoms with E-state index in [0.717, 1.165) is 81.8 Å². The lowest BCUT2D eigenvalue weighted by molar-refractivity contribution is 0.190. The van der Waals surface area contributed by atoms with Crippen LogP contribution in [0.15, 0.2) is 85.8 Å². The lowest BCUT2D eigenvalue weighted by atomic mass is 9.78. The number of carbonyl (C=O) groups excluding carboxylic acids is 1. The quantitative estimate of drug-likeness (QED) is 0.164. The molecule has 1 atom stereocenters. The monoisotopic (exact) mass is 702 g/mol. The summed E-state index contributed by atoms with van der Waals surface area (Å²) in [6, 6.07) is 20.3. The number of hydrogen-bond donors (Lipinski definition) is 3. The number of carbonyl (C=O) groups is 1. The summed E-state index contributed by atoms with van der Waals surface area (Å²) in [5.74, 6) is 1.62. The standard InChI is InChI=1S/C21H27F.C18H26N4O2.C2H5N.C2H6/c1-16(21(2,3)4)18-14-12-17(13-15-18)8-7-10-19-9-5-6-11-20(19)22;1-14(23)8-11-22-13-12-21(18(22)24)10-3-5-16-7-6-15-4-2-9-19-17(15)20-16;1-2-3;1-2/h5-6,9,11-16H,7-8,10H2,1-4H3;6-7,23H,1-5,8-13H2,(H,19,20);2H,1,3H2;1-2H3. The van der Waals surface area contributed by atoms with Crippen LogP contribution in [0.1, 0.15) is 101 Å². The van der Waals surface area contributed by atoms with Crippen molar-refractivity contribution in [1.82, 2.24) is 14.8 Å². The lowest BCUT2D eigenvalue weighted by Crippen LogP contribution is -2.33. The topological polar surface area (TPSA) is 94.7 Å². The Balaban J connectivity index is 0.000000315. The Morgan fingerprint density at radius 3 is 2.27 bits per heavy atom. The molecule has 8 heteroatoms. The highest BCUT2D eigenvalue weighted by atomic mass is 19.1. The van der Waals surface area contributed by atoms with Crippen LogP contribution in [-0.4, -0.2) is 58.6 Å². The molecule has 0 radical (unpaired) electrons. The van der Waals surface area contributed by atoms with Crippen molar-refractivity contribution in [1.29, 1.82) is 0 Å². The maximum atomic E-state index is 13.6. The summed E-state index contributed by atoms with van der Waals surface area (Å²) in [5.41, 5.74) is 10.8. The molecule has 2 aliphatic heterocycles. The van der Waals surface area contributed by atoms with E-state index in [4.69, 9.17) is 10.1 Å². The number of hydrogen-bond acceptors (Lipinski definition) is 5. The summed E-state index contributed by atoms with van der Waals surface area (Å²) in [6.45, 7) is 23.5. The van der Waals surface area contributed by atoms with Crippen LogP contribution >= 0.6 is 0 Å². The first-order valence-electron chi connectivity index (χ1n) is 18.7. The number of nitrogens with one attached hydrogen (secondary N) is 1. The summed E-state index contributed by atoms with van der Waals surface area (Å²) in [5, 5.41) is 12.5. The fourth-order valence-corrected chi connectivity index (χ4v) is 5.93. The maximum absolute atomic E-state index is 13.6. The van der Waals surface area contributed by atoms with Gasteiger partial charge in [0.2, 0.25) is 0 Å². The number of nitrogens with zero attached hydrogens (tertiary/aromatic N) is 3. The van der Waals surface area contributed by atoms with Crippen LogP contribution in [0.25, 0.3) is 0 Å². The van der Waals surface area contributed by atoms with Crippen molar-refractivity contribution in [3.8, 4) is 0 Å². The highest BCUT2D eigenvalue weighted by Gasteiger charge is 2.27. The minimum atomic E-state index is -0.0863. The fraction of sp³-hybridized carbons (Fsp3) is 0.488. The Hall–Kier alpha value is -4.33. The van der Waals surface area contributed by atoms with E-state index in [1.54, 1.807) is 11.0 Å². The summed E-state index contributed by atoms with van der Waals surface area (Å²) < 4.78 is 13.6. The van der Waals surface area contributed by atoms with E-state index in [9.17, 15) is 9.18 Å². The van der Waals surface area contributed by atoms with Crippen LogP contribution in [0.3, 0.4) is 0 Å². The number of aryl methyl sites for hydroxylation is 4. The Kier molecular flexibility index (Phi) is 18.9. The molecule has 1 unspecified atom stereocenters. The zero-order valence-electron chi connectivity index (χ0n) is 32.2. The van der Waals surface area contributed by atoms with Gasteiger partial charge in [0, 0.05) is 44.8 Å². The van der Waals surface area contributed by atoms with Gasteiger partial charge in [0.05, 0.1) is 5.76 Å². The molecule has 1 fully saturated rings. The van der Waals surface area contributed by atoms with E-state index in [2.05, 4.69) is 88.3 Å². The highest BCUT2D eigenvalue weighted by Crippen LogP contribution is 2.34. The summed E-state index contributed by atoms with van der Waals surface area (Å²) >= 11 is 0. The molecule has 51 heavy (non-hydrogen) atoms. The SMILES string of the molecule is C=C(O)CCN1CCN(CCCc2ccc3c(n2)NCCC3)C1=O.C=CN.CC.CC(c1ccc(CCCc2ccccc2F)cc1)C(C)(C)C. The van der Waals surface area contributed by atoms with Gasteiger partial charge < -0.3 is 26.0 Å². The molecule has 3 aromatic rings.